The number of hydrogen-bond acceptors (Lipinski definition) is 5. The number of aromatic nitrogens is 1. The van der Waals surface area contributed by atoms with Crippen LogP contribution in [0.2, 0.25) is 0 Å². The molecule has 52 valence electrons. The van der Waals surface area contributed by atoms with Crippen LogP contribution in [-0.4, -0.2) is 4.98 Å². The molecule has 0 N–H and O–H groups in total. The molecule has 0 saturated carbocycles. The van der Waals surface area contributed by atoms with Crippen LogP contribution in [0.1, 0.15) is 0 Å². The topological polar surface area (TPSA) is 95.2 Å². The number of rotatable bonds is 0. The molecule has 1 aromatic heterocycles. The molecule has 5 nitrogen and oxygen atoms in total. The molecule has 0 bridgehead atoms. The van der Waals surface area contributed by atoms with Crippen molar-refractivity contribution in [1.82, 2.24) is 4.98 Å². The molecule has 0 radical (unpaired) electrons. The minimum absolute atomic E-state index is 0. The molecule has 0 unspecified atom stereocenters. The minimum Gasteiger partial charge on any atom is -0.854 e. The number of oxazole rings is 1. The molecule has 9 heteroatoms. The van der Waals surface area contributed by atoms with Crippen molar-refractivity contribution in [3.63, 3.8) is 0 Å². The zero-order valence-electron chi connectivity index (χ0n) is 7.26. The van der Waals surface area contributed by atoms with E-state index in [9.17, 15) is 0 Å². The molecule has 0 aliphatic carbocycles. The third kappa shape index (κ3) is 29.3. The summed E-state index contributed by atoms with van der Waals surface area (Å²) in [7, 11) is -3.37. The van der Waals surface area contributed by atoms with Gasteiger partial charge < -0.3 is 27.7 Å². The first-order valence-electron chi connectivity index (χ1n) is 1.87. The van der Waals surface area contributed by atoms with Crippen molar-refractivity contribution in [3.8, 4) is 0 Å². The quantitative estimate of drug-likeness (QED) is 0.343. The van der Waals surface area contributed by atoms with Crippen LogP contribution in [-0.2, 0) is 0 Å². The largest absolute Gasteiger partial charge is 1.00 e. The summed E-state index contributed by atoms with van der Waals surface area (Å²) in [6.45, 7) is 0. The predicted molar refractivity (Wildman–Crippen MR) is 23.4 cm³/mol. The van der Waals surface area contributed by atoms with E-state index in [-0.39, 0.29) is 154 Å². The van der Waals surface area contributed by atoms with Gasteiger partial charge in [-0.05, 0) is 0 Å². The van der Waals surface area contributed by atoms with Crippen LogP contribution in [0.5, 0.6) is 0 Å². The Labute approximate surface area is 199 Å². The third-order valence-corrected chi connectivity index (χ3v) is 0.347. The van der Waals surface area contributed by atoms with Crippen molar-refractivity contribution in [3.05, 3.63) is 18.9 Å². The van der Waals surface area contributed by atoms with E-state index in [1.54, 1.807) is 6.20 Å². The Morgan fingerprint density at radius 2 is 1.50 bits per heavy atom. The van der Waals surface area contributed by atoms with Gasteiger partial charge in [0.1, 0.15) is 6.26 Å². The molecule has 0 saturated heterocycles. The molecule has 0 aromatic carbocycles. The Kier molecular flexibility index (Phi) is 43.9. The van der Waals surface area contributed by atoms with Crippen LogP contribution >= 0.6 is 8.60 Å². The van der Waals surface area contributed by atoms with E-state index in [0.717, 1.165) is 0 Å². The first-order valence-corrected chi connectivity index (χ1v) is 2.96. The summed E-state index contributed by atoms with van der Waals surface area (Å²) in [5.74, 6) is 0. The zero-order valence-corrected chi connectivity index (χ0v) is 17.5. The third-order valence-electron chi connectivity index (χ3n) is 0.347. The van der Waals surface area contributed by atoms with Crippen molar-refractivity contribution in [2.75, 3.05) is 0 Å². The van der Waals surface area contributed by atoms with E-state index in [2.05, 4.69) is 9.40 Å². The molecule has 0 fully saturated rings. The fraction of sp³-hybridized carbons (Fsp3) is 0. The maximum Gasteiger partial charge on any atom is 1.00 e. The summed E-state index contributed by atoms with van der Waals surface area (Å²) in [5, 5.41) is 0. The fourth-order valence-corrected chi connectivity index (χ4v) is 0.176. The Morgan fingerprint density at radius 3 is 1.58 bits per heavy atom. The average molecular weight is 265 g/mol. The second-order valence-electron chi connectivity index (χ2n) is 0.899. The summed E-state index contributed by atoms with van der Waals surface area (Å²) in [6.07, 6.45) is 4.47. The first-order chi connectivity index (χ1) is 4.23. The summed E-state index contributed by atoms with van der Waals surface area (Å²) in [4.78, 5) is 29.0. The number of nitrogens with zero attached hydrogens (tertiary/aromatic N) is 1. The average Bonchev–Trinajstić information content (AvgIpc) is 2.11. The van der Waals surface area contributed by atoms with Gasteiger partial charge in [0.25, 0.3) is 0 Å². The van der Waals surface area contributed by atoms with Gasteiger partial charge in [0, 0.05) is 0 Å². The van der Waals surface area contributed by atoms with E-state index in [4.69, 9.17) is 14.7 Å². The van der Waals surface area contributed by atoms with Gasteiger partial charge in [-0.25, -0.2) is 4.98 Å². The maximum absolute atomic E-state index is 8.48. The SMILES string of the molecule is [K+].[K+].[K+].[O-]P([O-])[O-].c1cocn1. The van der Waals surface area contributed by atoms with Gasteiger partial charge in [0.15, 0.2) is 6.39 Å². The Morgan fingerprint density at radius 1 is 1.08 bits per heavy atom. The van der Waals surface area contributed by atoms with Crippen LogP contribution in [0.15, 0.2) is 23.3 Å². The standard InChI is InChI=1S/C3H3NO.3K.O3P/c1-2-5-3-4-1;;;;1-4(2)3/h1-3H;;;;/q;3*+1;-3. The monoisotopic (exact) mass is 265 g/mol. The second kappa shape index (κ2) is 20.8. The summed E-state index contributed by atoms with van der Waals surface area (Å²) >= 11 is 0. The molecular formula is C3H3K3NO4P. The van der Waals surface area contributed by atoms with Crippen LogP contribution in [0.25, 0.3) is 0 Å². The molecule has 0 spiro atoms. The van der Waals surface area contributed by atoms with E-state index in [0.29, 0.717) is 0 Å². The van der Waals surface area contributed by atoms with Crippen LogP contribution < -0.4 is 169 Å². The molecule has 0 aliphatic rings. The van der Waals surface area contributed by atoms with Gasteiger partial charge in [-0.1, -0.05) is 0 Å². The fourth-order valence-electron chi connectivity index (χ4n) is 0.176. The summed E-state index contributed by atoms with van der Waals surface area (Å²) in [6, 6.07) is 0. The van der Waals surface area contributed by atoms with E-state index >= 15 is 0 Å². The Hall–Kier alpha value is 4.43. The molecule has 1 heterocycles. The van der Waals surface area contributed by atoms with Crippen LogP contribution in [0, 0.1) is 0 Å². The molecule has 12 heavy (non-hydrogen) atoms. The zero-order chi connectivity index (χ0) is 7.11. The van der Waals surface area contributed by atoms with Crippen molar-refractivity contribution >= 4 is 8.60 Å². The van der Waals surface area contributed by atoms with E-state index in [1.807, 2.05) is 0 Å². The van der Waals surface area contributed by atoms with Crippen LogP contribution in [0.3, 0.4) is 0 Å². The Balaban J connectivity index is -0.0000000436. The maximum atomic E-state index is 8.48. The first kappa shape index (κ1) is 25.3. The van der Waals surface area contributed by atoms with Gasteiger partial charge in [-0.3, -0.25) is 0 Å². The molecule has 1 aromatic rings. The van der Waals surface area contributed by atoms with Crippen molar-refractivity contribution < 1.29 is 173 Å². The summed E-state index contributed by atoms with van der Waals surface area (Å²) in [5.41, 5.74) is 0. The molecule has 0 aliphatic heterocycles. The van der Waals surface area contributed by atoms with Gasteiger partial charge >= 0.3 is 154 Å². The van der Waals surface area contributed by atoms with Gasteiger partial charge in [-0.2, -0.15) is 0 Å². The summed E-state index contributed by atoms with van der Waals surface area (Å²) < 4.78 is 4.47. The van der Waals surface area contributed by atoms with Crippen molar-refractivity contribution in [2.45, 2.75) is 0 Å². The van der Waals surface area contributed by atoms with E-state index < -0.39 is 8.60 Å². The second-order valence-corrected chi connectivity index (χ2v) is 1.35. The van der Waals surface area contributed by atoms with Crippen LogP contribution in [0.4, 0.5) is 0 Å². The van der Waals surface area contributed by atoms with Gasteiger partial charge in [0.2, 0.25) is 0 Å². The van der Waals surface area contributed by atoms with Gasteiger partial charge in [-0.15, -0.1) is 0 Å². The molecule has 0 amide bonds. The molecule has 1 rings (SSSR count). The van der Waals surface area contributed by atoms with Gasteiger partial charge in [0.05, 0.1) is 6.20 Å². The predicted octanol–water partition coefficient (Wildman–Crippen LogP) is -11.0. The minimum atomic E-state index is -3.37. The Bertz CT molecular complexity index is 109. The number of hydrogen-bond donors (Lipinski definition) is 0. The van der Waals surface area contributed by atoms with Crippen molar-refractivity contribution in [2.24, 2.45) is 0 Å². The van der Waals surface area contributed by atoms with E-state index in [1.165, 1.54) is 12.7 Å². The molecular weight excluding hydrogens is 262 g/mol. The van der Waals surface area contributed by atoms with Crippen molar-refractivity contribution in [1.29, 1.82) is 0 Å². The normalized spacial score (nSPS) is 6.33. The molecule has 0 atom stereocenters. The smallest absolute Gasteiger partial charge is 0.854 e.